The fourth-order valence-corrected chi connectivity index (χ4v) is 2.95. The van der Waals surface area contributed by atoms with Gasteiger partial charge in [-0.25, -0.2) is 0 Å². The second kappa shape index (κ2) is 5.19. The van der Waals surface area contributed by atoms with Gasteiger partial charge in [0.2, 0.25) is 0 Å². The number of aromatic hydroxyl groups is 1. The third-order valence-corrected chi connectivity index (χ3v) is 3.90. The summed E-state index contributed by atoms with van der Waals surface area (Å²) in [6.07, 6.45) is 3.65. The maximum atomic E-state index is 9.68. The molecule has 0 unspecified atom stereocenters. The van der Waals surface area contributed by atoms with E-state index in [0.29, 0.717) is 5.75 Å². The van der Waals surface area contributed by atoms with E-state index in [1.54, 1.807) is 0 Å². The molecule has 1 fully saturated rings. The highest BCUT2D eigenvalue weighted by Gasteiger charge is 2.14. The number of benzene rings is 1. The van der Waals surface area contributed by atoms with Gasteiger partial charge >= 0.3 is 0 Å². The van der Waals surface area contributed by atoms with E-state index < -0.39 is 0 Å². The first kappa shape index (κ1) is 11.9. The Labute approximate surface area is 105 Å². The molecule has 0 radical (unpaired) electrons. The van der Waals surface area contributed by atoms with E-state index in [1.165, 1.54) is 18.4 Å². The number of halogens is 1. The van der Waals surface area contributed by atoms with Gasteiger partial charge in [0.25, 0.3) is 0 Å². The number of phenols is 1. The van der Waals surface area contributed by atoms with Crippen molar-refractivity contribution in [2.24, 2.45) is 5.92 Å². The molecular weight excluding hydrogens is 266 g/mol. The molecule has 0 aromatic heterocycles. The van der Waals surface area contributed by atoms with Crippen LogP contribution in [0.4, 0.5) is 0 Å². The summed E-state index contributed by atoms with van der Waals surface area (Å²) >= 11 is 3.40. The predicted molar refractivity (Wildman–Crippen MR) is 69.8 cm³/mol. The fourth-order valence-electron chi connectivity index (χ4n) is 2.34. The Hall–Kier alpha value is -0.540. The molecule has 1 aliphatic heterocycles. The van der Waals surface area contributed by atoms with Crippen molar-refractivity contribution in [3.63, 3.8) is 0 Å². The molecule has 0 atom stereocenters. The zero-order chi connectivity index (χ0) is 11.5. The molecule has 0 aliphatic carbocycles. The van der Waals surface area contributed by atoms with Crippen LogP contribution in [-0.2, 0) is 6.42 Å². The van der Waals surface area contributed by atoms with Crippen LogP contribution in [0.3, 0.4) is 0 Å². The SMILES string of the molecule is Cc1cc(CC2CCNCC2)cc(Br)c1O. The average Bonchev–Trinajstić information content (AvgIpc) is 2.27. The van der Waals surface area contributed by atoms with E-state index in [2.05, 4.69) is 27.3 Å². The predicted octanol–water partition coefficient (Wildman–Crippen LogP) is 3.01. The van der Waals surface area contributed by atoms with Crippen molar-refractivity contribution in [3.05, 3.63) is 27.7 Å². The van der Waals surface area contributed by atoms with Crippen LogP contribution in [0.25, 0.3) is 0 Å². The van der Waals surface area contributed by atoms with Gasteiger partial charge in [0.1, 0.15) is 5.75 Å². The quantitative estimate of drug-likeness (QED) is 0.875. The third-order valence-electron chi connectivity index (χ3n) is 3.30. The Kier molecular flexibility index (Phi) is 3.87. The summed E-state index contributed by atoms with van der Waals surface area (Å²) in [5.74, 6) is 1.16. The Morgan fingerprint density at radius 2 is 2.06 bits per heavy atom. The van der Waals surface area contributed by atoms with Gasteiger partial charge in [-0.15, -0.1) is 0 Å². The lowest BCUT2D eigenvalue weighted by Crippen LogP contribution is -2.28. The van der Waals surface area contributed by atoms with Gasteiger partial charge in [-0.1, -0.05) is 6.07 Å². The summed E-state index contributed by atoms with van der Waals surface area (Å²) in [6, 6.07) is 4.15. The number of rotatable bonds is 2. The van der Waals surface area contributed by atoms with Crippen molar-refractivity contribution in [1.82, 2.24) is 5.32 Å². The third kappa shape index (κ3) is 2.77. The van der Waals surface area contributed by atoms with Gasteiger partial charge in [0.05, 0.1) is 4.47 Å². The van der Waals surface area contributed by atoms with Gasteiger partial charge in [-0.2, -0.15) is 0 Å². The van der Waals surface area contributed by atoms with Crippen molar-refractivity contribution >= 4 is 15.9 Å². The Morgan fingerprint density at radius 1 is 1.38 bits per heavy atom. The highest BCUT2D eigenvalue weighted by molar-refractivity contribution is 9.10. The minimum Gasteiger partial charge on any atom is -0.506 e. The maximum Gasteiger partial charge on any atom is 0.132 e. The molecule has 2 nitrogen and oxygen atoms in total. The topological polar surface area (TPSA) is 32.3 Å². The minimum atomic E-state index is 0.370. The second-order valence-corrected chi connectivity index (χ2v) is 5.49. The average molecular weight is 284 g/mol. The van der Waals surface area contributed by atoms with E-state index in [9.17, 15) is 5.11 Å². The van der Waals surface area contributed by atoms with Crippen LogP contribution >= 0.6 is 15.9 Å². The summed E-state index contributed by atoms with van der Waals surface area (Å²) in [5.41, 5.74) is 2.28. The van der Waals surface area contributed by atoms with Gasteiger partial charge in [-0.05, 0) is 78.3 Å². The zero-order valence-electron chi connectivity index (χ0n) is 9.59. The van der Waals surface area contributed by atoms with Crippen molar-refractivity contribution < 1.29 is 5.11 Å². The standard InChI is InChI=1S/C13H18BrNO/c1-9-6-11(8-12(14)13(9)16)7-10-2-4-15-5-3-10/h6,8,10,15-16H,2-5,7H2,1H3. The van der Waals surface area contributed by atoms with Gasteiger partial charge in [0.15, 0.2) is 0 Å². The van der Waals surface area contributed by atoms with Crippen molar-refractivity contribution in [2.45, 2.75) is 26.2 Å². The van der Waals surface area contributed by atoms with Crippen LogP contribution in [0, 0.1) is 12.8 Å². The molecule has 0 bridgehead atoms. The minimum absolute atomic E-state index is 0.370. The number of nitrogens with one attached hydrogen (secondary N) is 1. The lowest BCUT2D eigenvalue weighted by molar-refractivity contribution is 0.372. The van der Waals surface area contributed by atoms with Crippen molar-refractivity contribution in [1.29, 1.82) is 0 Å². The molecule has 16 heavy (non-hydrogen) atoms. The lowest BCUT2D eigenvalue weighted by atomic mass is 9.90. The Morgan fingerprint density at radius 3 is 2.69 bits per heavy atom. The Balaban J connectivity index is 2.09. The van der Waals surface area contributed by atoms with Gasteiger partial charge < -0.3 is 10.4 Å². The second-order valence-electron chi connectivity index (χ2n) is 4.64. The molecule has 1 aromatic carbocycles. The molecule has 0 amide bonds. The van der Waals surface area contributed by atoms with Crippen LogP contribution in [0.1, 0.15) is 24.0 Å². The van der Waals surface area contributed by atoms with E-state index in [0.717, 1.165) is 35.5 Å². The number of phenolic OH excluding ortho intramolecular Hbond substituents is 1. The summed E-state index contributed by atoms with van der Waals surface area (Å²) in [4.78, 5) is 0. The molecule has 0 saturated carbocycles. The first-order chi connectivity index (χ1) is 7.66. The first-order valence-electron chi connectivity index (χ1n) is 5.85. The summed E-state index contributed by atoms with van der Waals surface area (Å²) in [7, 11) is 0. The molecule has 1 aromatic rings. The molecule has 88 valence electrons. The number of piperidine rings is 1. The largest absolute Gasteiger partial charge is 0.506 e. The van der Waals surface area contributed by atoms with E-state index in [1.807, 2.05) is 13.0 Å². The normalized spacial score (nSPS) is 17.6. The summed E-state index contributed by atoms with van der Waals surface area (Å²) < 4.78 is 0.816. The molecule has 2 rings (SSSR count). The van der Waals surface area contributed by atoms with Gasteiger partial charge in [-0.3, -0.25) is 0 Å². The van der Waals surface area contributed by atoms with E-state index in [-0.39, 0.29) is 0 Å². The molecule has 1 heterocycles. The molecule has 1 aliphatic rings. The molecule has 2 N–H and O–H groups in total. The Bertz CT molecular complexity index is 349. The highest BCUT2D eigenvalue weighted by Crippen LogP contribution is 2.30. The van der Waals surface area contributed by atoms with E-state index >= 15 is 0 Å². The van der Waals surface area contributed by atoms with Crippen LogP contribution in [-0.4, -0.2) is 18.2 Å². The smallest absolute Gasteiger partial charge is 0.132 e. The van der Waals surface area contributed by atoms with Gasteiger partial charge in [0, 0.05) is 0 Å². The molecule has 3 heteroatoms. The fraction of sp³-hybridized carbons (Fsp3) is 0.538. The number of aryl methyl sites for hydroxylation is 1. The first-order valence-corrected chi connectivity index (χ1v) is 6.65. The number of hydrogen-bond donors (Lipinski definition) is 2. The van der Waals surface area contributed by atoms with E-state index in [4.69, 9.17) is 0 Å². The van der Waals surface area contributed by atoms with Crippen LogP contribution in [0.15, 0.2) is 16.6 Å². The highest BCUT2D eigenvalue weighted by atomic mass is 79.9. The summed E-state index contributed by atoms with van der Waals surface area (Å²) in [5, 5.41) is 13.1. The van der Waals surface area contributed by atoms with Crippen LogP contribution < -0.4 is 5.32 Å². The molecule has 0 spiro atoms. The molecular formula is C13H18BrNO. The van der Waals surface area contributed by atoms with Crippen LogP contribution in [0.5, 0.6) is 5.75 Å². The maximum absolute atomic E-state index is 9.68. The molecule has 1 saturated heterocycles. The lowest BCUT2D eigenvalue weighted by Gasteiger charge is -2.22. The van der Waals surface area contributed by atoms with Crippen molar-refractivity contribution in [2.75, 3.05) is 13.1 Å². The van der Waals surface area contributed by atoms with Crippen molar-refractivity contribution in [3.8, 4) is 5.75 Å². The summed E-state index contributed by atoms with van der Waals surface area (Å²) in [6.45, 7) is 4.23. The zero-order valence-corrected chi connectivity index (χ0v) is 11.2. The number of hydrogen-bond acceptors (Lipinski definition) is 2. The monoisotopic (exact) mass is 283 g/mol. The van der Waals surface area contributed by atoms with Crippen LogP contribution in [0.2, 0.25) is 0 Å².